The standard InChI is InChI=1S/C27H32F3N3O5/c1-26(2,3)38-25(36)31-14-19(15-31)32-11-10-18(12-21(32)34)16-6-8-17(9-7-16)22-20(13-28)33(24(35)23(29)30)27(4,5)37-22/h6-12,19-20,22-23H,13-15H2,1-5H3/t20-,22-/m1/s1. The minimum Gasteiger partial charge on any atom is -0.444 e. The van der Waals surface area contributed by atoms with Crippen LogP contribution in [0.25, 0.3) is 11.1 Å². The molecule has 206 valence electrons. The maximum Gasteiger partial charge on any atom is 0.410 e. The predicted octanol–water partition coefficient (Wildman–Crippen LogP) is 4.55. The first-order valence-electron chi connectivity index (χ1n) is 12.4. The number of carbonyl (C=O) groups excluding carboxylic acids is 2. The molecule has 11 heteroatoms. The van der Waals surface area contributed by atoms with Gasteiger partial charge in [0.25, 0.3) is 11.5 Å². The Bertz CT molecular complexity index is 1250. The molecule has 0 spiro atoms. The first-order chi connectivity index (χ1) is 17.7. The van der Waals surface area contributed by atoms with Crippen LogP contribution in [-0.2, 0) is 14.3 Å². The van der Waals surface area contributed by atoms with E-state index in [1.54, 1.807) is 66.8 Å². The van der Waals surface area contributed by atoms with Gasteiger partial charge in [-0.05, 0) is 57.4 Å². The number of carbonyl (C=O) groups is 2. The minimum absolute atomic E-state index is 0.147. The molecule has 0 aliphatic carbocycles. The van der Waals surface area contributed by atoms with Crippen LogP contribution >= 0.6 is 0 Å². The molecule has 2 fully saturated rings. The second-order valence-corrected chi connectivity index (χ2v) is 11.0. The molecule has 2 amide bonds. The van der Waals surface area contributed by atoms with Crippen molar-refractivity contribution in [3.05, 3.63) is 58.5 Å². The third-order valence-corrected chi connectivity index (χ3v) is 6.69. The summed E-state index contributed by atoms with van der Waals surface area (Å²) in [5.41, 5.74) is -0.314. The zero-order valence-electron chi connectivity index (χ0n) is 22.0. The maximum atomic E-state index is 13.9. The van der Waals surface area contributed by atoms with Crippen LogP contribution in [0.15, 0.2) is 47.4 Å². The molecule has 2 aromatic rings. The number of alkyl halides is 3. The van der Waals surface area contributed by atoms with Gasteiger partial charge in [0.05, 0.1) is 12.1 Å². The van der Waals surface area contributed by atoms with Gasteiger partial charge in [-0.3, -0.25) is 9.59 Å². The molecule has 2 saturated heterocycles. The number of amides is 2. The number of likely N-dealkylation sites (tertiary alicyclic amines) is 1. The van der Waals surface area contributed by atoms with Gasteiger partial charge in [0, 0.05) is 25.4 Å². The van der Waals surface area contributed by atoms with E-state index < -0.39 is 48.6 Å². The van der Waals surface area contributed by atoms with Crippen molar-refractivity contribution in [1.29, 1.82) is 0 Å². The van der Waals surface area contributed by atoms with Crippen molar-refractivity contribution in [2.45, 2.75) is 70.6 Å². The summed E-state index contributed by atoms with van der Waals surface area (Å²) in [6.45, 7) is 8.00. The average Bonchev–Trinajstić information content (AvgIpc) is 3.07. The Morgan fingerprint density at radius 1 is 1.11 bits per heavy atom. The number of hydrogen-bond donors (Lipinski definition) is 0. The predicted molar refractivity (Wildman–Crippen MR) is 134 cm³/mol. The van der Waals surface area contributed by atoms with Gasteiger partial charge in [-0.15, -0.1) is 0 Å². The van der Waals surface area contributed by atoms with E-state index in [-0.39, 0.29) is 11.6 Å². The van der Waals surface area contributed by atoms with Crippen molar-refractivity contribution < 1.29 is 32.2 Å². The topological polar surface area (TPSA) is 81.1 Å². The third-order valence-electron chi connectivity index (χ3n) is 6.69. The molecule has 0 saturated carbocycles. The largest absolute Gasteiger partial charge is 0.444 e. The van der Waals surface area contributed by atoms with Crippen LogP contribution in [0.5, 0.6) is 0 Å². The van der Waals surface area contributed by atoms with Crippen molar-refractivity contribution in [2.24, 2.45) is 0 Å². The number of hydrogen-bond acceptors (Lipinski definition) is 5. The Hall–Kier alpha value is -3.34. The van der Waals surface area contributed by atoms with Gasteiger partial charge in [0.15, 0.2) is 0 Å². The lowest BCUT2D eigenvalue weighted by molar-refractivity contribution is -0.159. The first kappa shape index (κ1) is 27.7. The molecule has 2 aliphatic rings. The monoisotopic (exact) mass is 535 g/mol. The van der Waals surface area contributed by atoms with Crippen molar-refractivity contribution in [2.75, 3.05) is 19.8 Å². The van der Waals surface area contributed by atoms with Crippen molar-refractivity contribution in [3.63, 3.8) is 0 Å². The first-order valence-corrected chi connectivity index (χ1v) is 12.4. The van der Waals surface area contributed by atoms with E-state index in [4.69, 9.17) is 9.47 Å². The molecule has 3 heterocycles. The second kappa shape index (κ2) is 10.1. The zero-order valence-corrected chi connectivity index (χ0v) is 22.0. The van der Waals surface area contributed by atoms with E-state index in [0.29, 0.717) is 24.2 Å². The Kier molecular flexibility index (Phi) is 7.35. The van der Waals surface area contributed by atoms with E-state index in [2.05, 4.69) is 0 Å². The van der Waals surface area contributed by atoms with Crippen LogP contribution in [0.4, 0.5) is 18.0 Å². The number of nitrogens with zero attached hydrogens (tertiary/aromatic N) is 3. The minimum atomic E-state index is -3.27. The highest BCUT2D eigenvalue weighted by molar-refractivity contribution is 5.80. The van der Waals surface area contributed by atoms with Crippen LogP contribution in [-0.4, -0.2) is 69.9 Å². The van der Waals surface area contributed by atoms with E-state index in [1.165, 1.54) is 19.9 Å². The zero-order chi connectivity index (χ0) is 28.0. The van der Waals surface area contributed by atoms with Gasteiger partial charge < -0.3 is 23.8 Å². The number of rotatable bonds is 5. The Labute approximate surface area is 218 Å². The third kappa shape index (κ3) is 5.43. The van der Waals surface area contributed by atoms with Gasteiger partial charge in [-0.1, -0.05) is 24.3 Å². The lowest BCUT2D eigenvalue weighted by Gasteiger charge is -2.40. The van der Waals surface area contributed by atoms with E-state index in [0.717, 1.165) is 10.5 Å². The fourth-order valence-electron chi connectivity index (χ4n) is 4.90. The van der Waals surface area contributed by atoms with Crippen molar-refractivity contribution in [3.8, 4) is 11.1 Å². The van der Waals surface area contributed by atoms with Gasteiger partial charge in [0.2, 0.25) is 0 Å². The summed E-state index contributed by atoms with van der Waals surface area (Å²) in [4.78, 5) is 39.3. The molecule has 4 rings (SSSR count). The maximum absolute atomic E-state index is 13.9. The molecule has 1 aromatic carbocycles. The summed E-state index contributed by atoms with van der Waals surface area (Å²) in [6, 6.07) is 8.74. The normalized spacial score (nSPS) is 21.5. The Balaban J connectivity index is 1.46. The molecule has 0 unspecified atom stereocenters. The van der Waals surface area contributed by atoms with Crippen LogP contribution in [0, 0.1) is 0 Å². The lowest BCUT2D eigenvalue weighted by Crippen LogP contribution is -2.53. The SMILES string of the molecule is CC(C)(C)OC(=O)N1CC(n2ccc(-c3ccc([C@H]4OC(C)(C)N(C(=O)C(F)F)[C@@H]4CF)cc3)cc2=O)C1. The second-order valence-electron chi connectivity index (χ2n) is 11.0. The lowest BCUT2D eigenvalue weighted by atomic mass is 9.99. The van der Waals surface area contributed by atoms with Gasteiger partial charge in [-0.2, -0.15) is 8.78 Å². The van der Waals surface area contributed by atoms with Crippen LogP contribution in [0.3, 0.4) is 0 Å². The Morgan fingerprint density at radius 3 is 2.26 bits per heavy atom. The molecular weight excluding hydrogens is 503 g/mol. The van der Waals surface area contributed by atoms with E-state index >= 15 is 0 Å². The number of benzene rings is 1. The van der Waals surface area contributed by atoms with Gasteiger partial charge in [0.1, 0.15) is 24.1 Å². The highest BCUT2D eigenvalue weighted by Crippen LogP contribution is 2.42. The van der Waals surface area contributed by atoms with Crippen molar-refractivity contribution >= 4 is 12.0 Å². The molecule has 1 aromatic heterocycles. The summed E-state index contributed by atoms with van der Waals surface area (Å²) >= 11 is 0. The number of pyridine rings is 1. The molecule has 0 bridgehead atoms. The van der Waals surface area contributed by atoms with Crippen LogP contribution < -0.4 is 5.56 Å². The summed E-state index contributed by atoms with van der Waals surface area (Å²) in [7, 11) is 0. The smallest absolute Gasteiger partial charge is 0.410 e. The van der Waals surface area contributed by atoms with Crippen molar-refractivity contribution in [1.82, 2.24) is 14.4 Å². The summed E-state index contributed by atoms with van der Waals surface area (Å²) < 4.78 is 53.0. The molecule has 0 N–H and O–H groups in total. The quantitative estimate of drug-likeness (QED) is 0.562. The number of aromatic nitrogens is 1. The summed E-state index contributed by atoms with van der Waals surface area (Å²) in [5.74, 6) is -1.47. The average molecular weight is 536 g/mol. The highest BCUT2D eigenvalue weighted by atomic mass is 19.3. The molecule has 2 atom stereocenters. The molecule has 8 nitrogen and oxygen atoms in total. The summed E-state index contributed by atoms with van der Waals surface area (Å²) in [5, 5.41) is 0. The molecule has 38 heavy (non-hydrogen) atoms. The fourth-order valence-corrected chi connectivity index (χ4v) is 4.90. The molecule has 0 radical (unpaired) electrons. The van der Waals surface area contributed by atoms with E-state index in [1.807, 2.05) is 0 Å². The highest BCUT2D eigenvalue weighted by Gasteiger charge is 2.52. The molecular formula is C27H32F3N3O5. The summed E-state index contributed by atoms with van der Waals surface area (Å²) in [6.07, 6.45) is -2.93. The van der Waals surface area contributed by atoms with E-state index in [9.17, 15) is 27.6 Å². The number of halogens is 3. The van der Waals surface area contributed by atoms with Gasteiger partial charge in [-0.25, -0.2) is 9.18 Å². The van der Waals surface area contributed by atoms with Gasteiger partial charge >= 0.3 is 12.5 Å². The van der Waals surface area contributed by atoms with Crippen LogP contribution in [0.1, 0.15) is 52.3 Å². The molecule has 2 aliphatic heterocycles. The fraction of sp³-hybridized carbons (Fsp3) is 0.519. The number of ether oxygens (including phenoxy) is 2. The Morgan fingerprint density at radius 2 is 1.74 bits per heavy atom. The van der Waals surface area contributed by atoms with Crippen LogP contribution in [0.2, 0.25) is 0 Å².